The van der Waals surface area contributed by atoms with Gasteiger partial charge in [0.2, 0.25) is 5.91 Å². The van der Waals surface area contributed by atoms with Gasteiger partial charge in [0, 0.05) is 24.6 Å². The average Bonchev–Trinajstić information content (AvgIpc) is 2.99. The van der Waals surface area contributed by atoms with Gasteiger partial charge in [0.1, 0.15) is 6.04 Å². The predicted octanol–water partition coefficient (Wildman–Crippen LogP) is 1.87. The van der Waals surface area contributed by atoms with Gasteiger partial charge in [-0.05, 0) is 12.0 Å². The van der Waals surface area contributed by atoms with Gasteiger partial charge in [-0.1, -0.05) is 37.3 Å². The number of likely N-dealkylation sites (tertiary alicyclic amines) is 1. The molecule has 1 aromatic carbocycles. The SMILES string of the molecule is CC(CS)C(=O)N1CC(OCCc2ccccc2)C[C@H]1C(=O)O. The van der Waals surface area contributed by atoms with Crippen LogP contribution in [0.2, 0.25) is 0 Å². The van der Waals surface area contributed by atoms with E-state index in [-0.39, 0.29) is 17.9 Å². The lowest BCUT2D eigenvalue weighted by molar-refractivity contribution is -0.149. The number of aliphatic carboxylic acids is 1. The van der Waals surface area contributed by atoms with Gasteiger partial charge in [-0.25, -0.2) is 4.79 Å². The zero-order chi connectivity index (χ0) is 16.8. The highest BCUT2D eigenvalue weighted by atomic mass is 32.1. The number of thiol groups is 1. The third-order valence-corrected chi connectivity index (χ3v) is 4.66. The third kappa shape index (κ3) is 4.72. The summed E-state index contributed by atoms with van der Waals surface area (Å²) in [4.78, 5) is 25.1. The molecule has 6 heteroatoms. The number of nitrogens with zero attached hydrogens (tertiary/aromatic N) is 1. The van der Waals surface area contributed by atoms with Crippen LogP contribution in [0.1, 0.15) is 18.9 Å². The third-order valence-electron chi connectivity index (χ3n) is 4.11. The van der Waals surface area contributed by atoms with Crippen molar-refractivity contribution in [3.8, 4) is 0 Å². The molecule has 1 heterocycles. The van der Waals surface area contributed by atoms with Gasteiger partial charge >= 0.3 is 5.97 Å². The normalized spacial score (nSPS) is 22.1. The first-order valence-corrected chi connectivity index (χ1v) is 8.45. The highest BCUT2D eigenvalue weighted by Crippen LogP contribution is 2.23. The van der Waals surface area contributed by atoms with Gasteiger partial charge < -0.3 is 14.7 Å². The van der Waals surface area contributed by atoms with Crippen LogP contribution in [0.5, 0.6) is 0 Å². The number of carboxylic acid groups (broad SMARTS) is 1. The summed E-state index contributed by atoms with van der Waals surface area (Å²) >= 11 is 4.12. The number of carbonyl (C=O) groups is 2. The molecule has 3 atom stereocenters. The summed E-state index contributed by atoms with van der Waals surface area (Å²) in [7, 11) is 0. The number of benzene rings is 1. The molecular weight excluding hydrogens is 314 g/mol. The second-order valence-electron chi connectivity index (χ2n) is 5.89. The number of amides is 1. The molecule has 0 saturated carbocycles. The van der Waals surface area contributed by atoms with Crippen LogP contribution >= 0.6 is 12.6 Å². The van der Waals surface area contributed by atoms with Gasteiger partial charge in [-0.2, -0.15) is 12.6 Å². The first-order valence-electron chi connectivity index (χ1n) is 7.82. The molecule has 2 unspecified atom stereocenters. The van der Waals surface area contributed by atoms with Crippen molar-refractivity contribution in [1.82, 2.24) is 4.90 Å². The van der Waals surface area contributed by atoms with Crippen LogP contribution in [0.4, 0.5) is 0 Å². The van der Waals surface area contributed by atoms with Gasteiger partial charge in [0.15, 0.2) is 0 Å². The van der Waals surface area contributed by atoms with Gasteiger partial charge in [-0.3, -0.25) is 4.79 Å². The van der Waals surface area contributed by atoms with E-state index in [2.05, 4.69) is 12.6 Å². The predicted molar refractivity (Wildman–Crippen MR) is 90.7 cm³/mol. The van der Waals surface area contributed by atoms with Crippen LogP contribution in [0, 0.1) is 5.92 Å². The minimum atomic E-state index is -0.973. The van der Waals surface area contributed by atoms with E-state index in [9.17, 15) is 14.7 Å². The smallest absolute Gasteiger partial charge is 0.326 e. The van der Waals surface area contributed by atoms with E-state index in [1.807, 2.05) is 30.3 Å². The molecule has 1 saturated heterocycles. The molecule has 1 aliphatic heterocycles. The van der Waals surface area contributed by atoms with E-state index in [0.29, 0.717) is 25.3 Å². The Morgan fingerprint density at radius 2 is 2.09 bits per heavy atom. The Kier molecular flexibility index (Phi) is 6.47. The fourth-order valence-electron chi connectivity index (χ4n) is 2.75. The number of ether oxygens (including phenoxy) is 1. The number of hydrogen-bond donors (Lipinski definition) is 2. The molecule has 0 radical (unpaired) electrons. The maximum absolute atomic E-state index is 12.3. The molecule has 1 aromatic rings. The highest BCUT2D eigenvalue weighted by Gasteiger charge is 2.41. The first kappa shape index (κ1) is 17.8. The van der Waals surface area contributed by atoms with Crippen molar-refractivity contribution in [2.24, 2.45) is 5.92 Å². The van der Waals surface area contributed by atoms with Crippen molar-refractivity contribution in [1.29, 1.82) is 0 Å². The molecule has 0 spiro atoms. The first-order chi connectivity index (χ1) is 11.0. The van der Waals surface area contributed by atoms with Crippen molar-refractivity contribution >= 4 is 24.5 Å². The molecule has 23 heavy (non-hydrogen) atoms. The van der Waals surface area contributed by atoms with Crippen LogP contribution in [-0.4, -0.2) is 52.9 Å². The Labute approximate surface area is 142 Å². The highest BCUT2D eigenvalue weighted by molar-refractivity contribution is 7.80. The Balaban J connectivity index is 1.89. The maximum atomic E-state index is 12.3. The van der Waals surface area contributed by atoms with E-state index in [1.54, 1.807) is 6.92 Å². The monoisotopic (exact) mass is 337 g/mol. The minimum Gasteiger partial charge on any atom is -0.480 e. The molecule has 1 amide bonds. The maximum Gasteiger partial charge on any atom is 0.326 e. The van der Waals surface area contributed by atoms with E-state index in [0.717, 1.165) is 6.42 Å². The van der Waals surface area contributed by atoms with Crippen molar-refractivity contribution in [3.63, 3.8) is 0 Å². The second kappa shape index (κ2) is 8.36. The summed E-state index contributed by atoms with van der Waals surface area (Å²) in [5, 5.41) is 9.34. The average molecular weight is 337 g/mol. The topological polar surface area (TPSA) is 66.8 Å². The molecule has 1 fully saturated rings. The molecular formula is C17H23NO4S. The van der Waals surface area contributed by atoms with E-state index >= 15 is 0 Å². The van der Waals surface area contributed by atoms with Crippen LogP contribution in [0.25, 0.3) is 0 Å². The van der Waals surface area contributed by atoms with E-state index in [4.69, 9.17) is 4.74 Å². The number of carbonyl (C=O) groups excluding carboxylic acids is 1. The van der Waals surface area contributed by atoms with Crippen LogP contribution < -0.4 is 0 Å². The Hall–Kier alpha value is -1.53. The zero-order valence-electron chi connectivity index (χ0n) is 13.2. The number of rotatable bonds is 7. The van der Waals surface area contributed by atoms with Crippen LogP contribution in [-0.2, 0) is 20.7 Å². The lowest BCUT2D eigenvalue weighted by Gasteiger charge is -2.24. The summed E-state index contributed by atoms with van der Waals surface area (Å²) in [5.74, 6) is -1.02. The fourth-order valence-corrected chi connectivity index (χ4v) is 2.90. The van der Waals surface area contributed by atoms with Gasteiger partial charge in [0.25, 0.3) is 0 Å². The summed E-state index contributed by atoms with van der Waals surface area (Å²) in [5.41, 5.74) is 1.18. The fraction of sp³-hybridized carbons (Fsp3) is 0.529. The lowest BCUT2D eigenvalue weighted by Crippen LogP contribution is -2.43. The Morgan fingerprint density at radius 3 is 2.70 bits per heavy atom. The molecule has 1 N–H and O–H groups in total. The summed E-state index contributed by atoms with van der Waals surface area (Å²) in [6.45, 7) is 2.62. The van der Waals surface area contributed by atoms with Gasteiger partial charge in [-0.15, -0.1) is 0 Å². The Bertz CT molecular complexity index is 537. The molecule has 126 valence electrons. The summed E-state index contributed by atoms with van der Waals surface area (Å²) in [6.07, 6.45) is 0.890. The zero-order valence-corrected chi connectivity index (χ0v) is 14.1. The lowest BCUT2D eigenvalue weighted by atomic mass is 10.1. The summed E-state index contributed by atoms with van der Waals surface area (Å²) in [6, 6.07) is 9.18. The minimum absolute atomic E-state index is 0.165. The molecule has 0 aliphatic carbocycles. The molecule has 0 bridgehead atoms. The second-order valence-corrected chi connectivity index (χ2v) is 6.26. The Morgan fingerprint density at radius 1 is 1.39 bits per heavy atom. The van der Waals surface area contributed by atoms with E-state index < -0.39 is 12.0 Å². The largest absolute Gasteiger partial charge is 0.480 e. The van der Waals surface area contributed by atoms with Gasteiger partial charge in [0.05, 0.1) is 12.7 Å². The quantitative estimate of drug-likeness (QED) is 0.746. The van der Waals surface area contributed by atoms with Crippen molar-refractivity contribution in [3.05, 3.63) is 35.9 Å². The van der Waals surface area contributed by atoms with Crippen molar-refractivity contribution in [2.75, 3.05) is 18.9 Å². The number of hydrogen-bond acceptors (Lipinski definition) is 4. The molecule has 1 aliphatic rings. The van der Waals surface area contributed by atoms with Crippen molar-refractivity contribution in [2.45, 2.75) is 31.9 Å². The van der Waals surface area contributed by atoms with Crippen LogP contribution in [0.3, 0.4) is 0 Å². The standard InChI is InChI=1S/C17H23NO4S/c1-12(11-23)16(19)18-10-14(9-15(18)17(20)21)22-8-7-13-5-3-2-4-6-13/h2-6,12,14-15,23H,7-11H2,1H3,(H,20,21)/t12?,14?,15-/m0/s1. The number of carboxylic acids is 1. The van der Waals surface area contributed by atoms with Crippen LogP contribution in [0.15, 0.2) is 30.3 Å². The summed E-state index contributed by atoms with van der Waals surface area (Å²) < 4.78 is 5.80. The van der Waals surface area contributed by atoms with Crippen molar-refractivity contribution < 1.29 is 19.4 Å². The molecule has 5 nitrogen and oxygen atoms in total. The van der Waals surface area contributed by atoms with E-state index in [1.165, 1.54) is 10.5 Å². The molecule has 0 aromatic heterocycles. The molecule has 2 rings (SSSR count).